The molecule has 0 fully saturated rings. The lowest BCUT2D eigenvalue weighted by Gasteiger charge is -2.26. The monoisotopic (exact) mass is 437 g/mol. The molecular formula is C20H20FN9O2. The molecule has 1 amide bonds. The molecule has 1 aliphatic rings. The van der Waals surface area contributed by atoms with Gasteiger partial charge in [-0.1, -0.05) is 6.07 Å². The molecule has 32 heavy (non-hydrogen) atoms. The maximum atomic E-state index is 14.8. The van der Waals surface area contributed by atoms with Crippen LogP contribution in [0.2, 0.25) is 0 Å². The predicted octanol–water partition coefficient (Wildman–Crippen LogP) is 2.55. The number of aromatic nitrogens is 1. The average molecular weight is 437 g/mol. The number of fused-ring (bicyclic) bond motifs is 1. The van der Waals surface area contributed by atoms with Gasteiger partial charge in [0.25, 0.3) is 0 Å². The first kappa shape index (κ1) is 22.1. The van der Waals surface area contributed by atoms with Crippen molar-refractivity contribution in [2.24, 2.45) is 4.99 Å². The summed E-state index contributed by atoms with van der Waals surface area (Å²) in [6.45, 7) is 5.06. The van der Waals surface area contributed by atoms with E-state index >= 15 is 0 Å². The van der Waals surface area contributed by atoms with Crippen LogP contribution < -0.4 is 27.4 Å². The van der Waals surface area contributed by atoms with E-state index in [1.165, 1.54) is 12.1 Å². The van der Waals surface area contributed by atoms with E-state index in [1.807, 2.05) is 6.07 Å². The maximum absolute atomic E-state index is 14.8. The number of pyridine rings is 1. The van der Waals surface area contributed by atoms with Crippen LogP contribution in [-0.2, 0) is 4.74 Å². The Kier molecular flexibility index (Phi) is 5.72. The summed E-state index contributed by atoms with van der Waals surface area (Å²) in [5, 5.41) is 25.8. The van der Waals surface area contributed by atoms with Crippen molar-refractivity contribution in [2.45, 2.75) is 32.4 Å². The molecule has 2 aromatic rings. The first-order chi connectivity index (χ1) is 15.0. The fourth-order valence-corrected chi connectivity index (χ4v) is 3.04. The number of carbonyl (C=O) groups excluding carboxylic acids is 1. The molecule has 3 rings (SSSR count). The van der Waals surface area contributed by atoms with E-state index in [1.54, 1.807) is 27.0 Å². The number of benzene rings is 1. The highest BCUT2D eigenvalue weighted by atomic mass is 19.1. The van der Waals surface area contributed by atoms with Gasteiger partial charge in [-0.25, -0.2) is 19.2 Å². The number of nitrogens with one attached hydrogen (secondary N) is 3. The van der Waals surface area contributed by atoms with Crippen LogP contribution in [0.4, 0.5) is 32.2 Å². The number of nitriles is 2. The van der Waals surface area contributed by atoms with Gasteiger partial charge in [-0.05, 0) is 38.5 Å². The fraction of sp³-hybridized carbons (Fsp3) is 0.250. The van der Waals surface area contributed by atoms with Crippen LogP contribution in [-0.4, -0.2) is 22.6 Å². The number of hydrogen-bond acceptors (Lipinski definition) is 10. The Hall–Kier alpha value is -4.58. The number of amides is 1. The summed E-state index contributed by atoms with van der Waals surface area (Å²) in [5.74, 6) is -0.636. The van der Waals surface area contributed by atoms with Gasteiger partial charge in [0, 0.05) is 5.56 Å². The zero-order valence-electron chi connectivity index (χ0n) is 17.4. The predicted molar refractivity (Wildman–Crippen MR) is 116 cm³/mol. The molecule has 1 unspecified atom stereocenters. The molecule has 7 N–H and O–H groups in total. The van der Waals surface area contributed by atoms with E-state index in [4.69, 9.17) is 21.5 Å². The number of rotatable bonds is 2. The van der Waals surface area contributed by atoms with Crippen LogP contribution >= 0.6 is 0 Å². The lowest BCUT2D eigenvalue weighted by Crippen LogP contribution is -2.32. The van der Waals surface area contributed by atoms with Crippen molar-refractivity contribution in [1.29, 1.82) is 10.5 Å². The molecule has 11 nitrogen and oxygen atoms in total. The number of carbonyl (C=O) groups is 1. The molecule has 0 radical (unpaired) electrons. The fourth-order valence-electron chi connectivity index (χ4n) is 3.04. The Balaban J connectivity index is 2.04. The first-order valence-electron chi connectivity index (χ1n) is 9.32. The molecule has 1 aromatic carbocycles. The summed E-state index contributed by atoms with van der Waals surface area (Å²) < 4.78 is 19.9. The number of nitrogen functional groups attached to an aromatic ring is 2. The number of anilines is 4. The van der Waals surface area contributed by atoms with Gasteiger partial charge in [-0.2, -0.15) is 10.5 Å². The van der Waals surface area contributed by atoms with Gasteiger partial charge in [0.15, 0.2) is 6.19 Å². The molecule has 1 aliphatic heterocycles. The first-order valence-corrected chi connectivity index (χ1v) is 9.32. The number of nitrogens with zero attached hydrogens (tertiary/aromatic N) is 4. The van der Waals surface area contributed by atoms with Crippen molar-refractivity contribution in [2.75, 3.05) is 22.1 Å². The van der Waals surface area contributed by atoms with E-state index in [0.717, 1.165) is 6.07 Å². The normalized spacial score (nSPS) is 14.7. The smallest absolute Gasteiger partial charge is 0.412 e. The second-order valence-electron chi connectivity index (χ2n) is 7.77. The quantitative estimate of drug-likeness (QED) is 0.347. The zero-order chi connectivity index (χ0) is 23.6. The van der Waals surface area contributed by atoms with Crippen molar-refractivity contribution >= 4 is 35.1 Å². The lowest BCUT2D eigenvalue weighted by atomic mass is 9.95. The molecular weight excluding hydrogens is 417 g/mol. The number of guanidine groups is 1. The Morgan fingerprint density at radius 1 is 1.31 bits per heavy atom. The van der Waals surface area contributed by atoms with E-state index in [2.05, 4.69) is 25.9 Å². The van der Waals surface area contributed by atoms with Gasteiger partial charge in [0.1, 0.15) is 40.7 Å². The Labute approximate surface area is 182 Å². The highest BCUT2D eigenvalue weighted by Crippen LogP contribution is 2.41. The largest absolute Gasteiger partial charge is 0.444 e. The third-order valence-corrected chi connectivity index (χ3v) is 4.30. The topological polar surface area (TPSA) is 187 Å². The number of hydrogen-bond donors (Lipinski definition) is 5. The lowest BCUT2D eigenvalue weighted by molar-refractivity contribution is 0.0635. The molecule has 0 bridgehead atoms. The van der Waals surface area contributed by atoms with Crippen LogP contribution in [0.25, 0.3) is 0 Å². The van der Waals surface area contributed by atoms with Gasteiger partial charge in [0.05, 0.1) is 11.4 Å². The second-order valence-corrected chi connectivity index (χ2v) is 7.77. The highest BCUT2D eigenvalue weighted by molar-refractivity contribution is 5.98. The van der Waals surface area contributed by atoms with Crippen LogP contribution in [0, 0.1) is 28.6 Å². The minimum atomic E-state index is -0.910. The zero-order valence-corrected chi connectivity index (χ0v) is 17.4. The van der Waals surface area contributed by atoms with Crippen LogP contribution in [0.3, 0.4) is 0 Å². The molecule has 0 spiro atoms. The third-order valence-electron chi connectivity index (χ3n) is 4.30. The minimum Gasteiger partial charge on any atom is -0.444 e. The second kappa shape index (κ2) is 8.28. The van der Waals surface area contributed by atoms with Crippen molar-refractivity contribution in [3.63, 3.8) is 0 Å². The van der Waals surface area contributed by atoms with Crippen LogP contribution in [0.1, 0.15) is 43.5 Å². The SMILES string of the molecule is CC(C)(C)OC(=O)Nc1ccc(C2N=C(NC#N)Nc3nc(N)c(C#N)c(N)c32)cc1F. The molecule has 164 valence electrons. The number of aliphatic imine (C=N–C) groups is 1. The van der Waals surface area contributed by atoms with Crippen molar-refractivity contribution < 1.29 is 13.9 Å². The molecule has 0 aliphatic carbocycles. The summed E-state index contributed by atoms with van der Waals surface area (Å²) in [5.41, 5.74) is 11.7. The summed E-state index contributed by atoms with van der Waals surface area (Å²) in [6, 6.07) is 5.00. The Morgan fingerprint density at radius 3 is 2.62 bits per heavy atom. The summed E-state index contributed by atoms with van der Waals surface area (Å²) in [4.78, 5) is 20.4. The van der Waals surface area contributed by atoms with E-state index in [9.17, 15) is 14.4 Å². The van der Waals surface area contributed by atoms with Crippen molar-refractivity contribution in [3.8, 4) is 12.3 Å². The summed E-state index contributed by atoms with van der Waals surface area (Å²) >= 11 is 0. The van der Waals surface area contributed by atoms with E-state index in [0.29, 0.717) is 11.1 Å². The number of nitrogens with two attached hydrogens (primary N) is 2. The van der Waals surface area contributed by atoms with Crippen LogP contribution in [0.5, 0.6) is 0 Å². The molecule has 2 heterocycles. The summed E-state index contributed by atoms with van der Waals surface area (Å²) in [7, 11) is 0. The molecule has 12 heteroatoms. The number of halogens is 1. The van der Waals surface area contributed by atoms with Crippen molar-refractivity contribution in [3.05, 3.63) is 40.7 Å². The standard InChI is InChI=1S/C20H20FN9O2/c1-20(2,3)32-19(31)27-12-5-4-9(6-11(12)21)15-13-14(24)10(7-22)16(25)29-17(13)30-18(28-15)26-8-23/h4-6,15H,1-3H3,(H,27,31)(H6,24,25,26,28,29,30). The molecule has 1 aromatic heterocycles. The van der Waals surface area contributed by atoms with E-state index < -0.39 is 23.6 Å². The highest BCUT2D eigenvalue weighted by Gasteiger charge is 2.30. The number of ether oxygens (including phenoxy) is 1. The maximum Gasteiger partial charge on any atom is 0.412 e. The van der Waals surface area contributed by atoms with Crippen LogP contribution in [0.15, 0.2) is 23.2 Å². The molecule has 0 saturated heterocycles. The molecule has 0 saturated carbocycles. The Morgan fingerprint density at radius 2 is 2.03 bits per heavy atom. The van der Waals surface area contributed by atoms with Gasteiger partial charge < -0.3 is 21.5 Å². The minimum absolute atomic E-state index is 0.0311. The van der Waals surface area contributed by atoms with Gasteiger partial charge in [0.2, 0.25) is 5.96 Å². The summed E-state index contributed by atoms with van der Waals surface area (Å²) in [6.07, 6.45) is 0.923. The van der Waals surface area contributed by atoms with Gasteiger partial charge >= 0.3 is 6.09 Å². The molecule has 1 atom stereocenters. The van der Waals surface area contributed by atoms with E-state index in [-0.39, 0.29) is 34.5 Å². The van der Waals surface area contributed by atoms with Gasteiger partial charge in [-0.3, -0.25) is 10.6 Å². The van der Waals surface area contributed by atoms with Gasteiger partial charge in [-0.15, -0.1) is 0 Å². The average Bonchev–Trinajstić information content (AvgIpc) is 2.68. The Bertz CT molecular complexity index is 1210. The third kappa shape index (κ3) is 4.44. The van der Waals surface area contributed by atoms with Crippen molar-refractivity contribution in [1.82, 2.24) is 10.3 Å².